The van der Waals surface area contributed by atoms with E-state index in [2.05, 4.69) is 59.7 Å². The molecule has 1 aromatic heterocycles. The Morgan fingerprint density at radius 3 is 2.53 bits per heavy atom. The molecule has 0 unspecified atom stereocenters. The van der Waals surface area contributed by atoms with E-state index in [-0.39, 0.29) is 0 Å². The van der Waals surface area contributed by atoms with E-state index in [9.17, 15) is 5.11 Å². The lowest BCUT2D eigenvalue weighted by Gasteiger charge is -2.09. The number of hydrogen-bond acceptors (Lipinski definition) is 2. The van der Waals surface area contributed by atoms with Crippen molar-refractivity contribution in [2.75, 3.05) is 0 Å². The first-order valence-corrected chi connectivity index (χ1v) is 10.9. The van der Waals surface area contributed by atoms with Crippen LogP contribution in [0.3, 0.4) is 0 Å². The molecule has 30 heavy (non-hydrogen) atoms. The fraction of sp³-hybridized carbons (Fsp3) is 0.0714. The molecule has 5 aromatic rings. The first-order chi connectivity index (χ1) is 14.8. The average molecular weight is 405 g/mol. The summed E-state index contributed by atoms with van der Waals surface area (Å²) in [5.74, 6) is 6.90. The van der Waals surface area contributed by atoms with Gasteiger partial charge in [-0.1, -0.05) is 66.4 Å². The molecule has 0 atom stereocenters. The number of fused-ring (bicyclic) bond motifs is 2. The highest BCUT2D eigenvalue weighted by atomic mass is 32.1. The lowest BCUT2D eigenvalue weighted by molar-refractivity contribution is 0.476. The van der Waals surface area contributed by atoms with Crippen LogP contribution in [0.25, 0.3) is 20.9 Å². The molecule has 1 heterocycles. The molecule has 2 heteroatoms. The van der Waals surface area contributed by atoms with Crippen LogP contribution < -0.4 is 0 Å². The SMILES string of the molecule is Oc1c(Cc2ccccc2)ccc2ccc(C#CCc3ccc4sccc4c3)cc12. The van der Waals surface area contributed by atoms with Crippen molar-refractivity contribution < 1.29 is 5.11 Å². The van der Waals surface area contributed by atoms with E-state index >= 15 is 0 Å². The molecule has 0 amide bonds. The van der Waals surface area contributed by atoms with Crippen LogP contribution in [0.2, 0.25) is 0 Å². The predicted molar refractivity (Wildman–Crippen MR) is 127 cm³/mol. The Bertz CT molecular complexity index is 1400. The molecule has 0 aliphatic carbocycles. The quantitative estimate of drug-likeness (QED) is 0.323. The molecule has 0 radical (unpaired) electrons. The van der Waals surface area contributed by atoms with Gasteiger partial charge in [-0.3, -0.25) is 0 Å². The Kier molecular flexibility index (Phi) is 4.97. The molecule has 0 bridgehead atoms. The van der Waals surface area contributed by atoms with Crippen LogP contribution in [0.5, 0.6) is 5.75 Å². The first-order valence-electron chi connectivity index (χ1n) is 10.00. The normalized spacial score (nSPS) is 10.8. The van der Waals surface area contributed by atoms with E-state index in [1.807, 2.05) is 42.5 Å². The molecule has 1 nitrogen and oxygen atoms in total. The molecular formula is C28H20OS. The minimum absolute atomic E-state index is 0.350. The second kappa shape index (κ2) is 8.06. The van der Waals surface area contributed by atoms with E-state index in [0.29, 0.717) is 18.6 Å². The Morgan fingerprint density at radius 1 is 0.767 bits per heavy atom. The summed E-state index contributed by atoms with van der Waals surface area (Å²) in [4.78, 5) is 0. The van der Waals surface area contributed by atoms with Gasteiger partial charge < -0.3 is 5.11 Å². The summed E-state index contributed by atoms with van der Waals surface area (Å²) in [6, 6.07) is 29.0. The number of aromatic hydroxyl groups is 1. The van der Waals surface area contributed by atoms with E-state index < -0.39 is 0 Å². The zero-order valence-electron chi connectivity index (χ0n) is 16.4. The predicted octanol–water partition coefficient (Wildman–Crippen LogP) is 6.95. The molecule has 0 saturated carbocycles. The molecule has 1 N–H and O–H groups in total. The van der Waals surface area contributed by atoms with Crippen molar-refractivity contribution >= 4 is 32.2 Å². The van der Waals surface area contributed by atoms with Gasteiger partial charge in [-0.2, -0.15) is 0 Å². The third kappa shape index (κ3) is 3.81. The molecule has 0 aliphatic heterocycles. The Morgan fingerprint density at radius 2 is 1.63 bits per heavy atom. The highest BCUT2D eigenvalue weighted by Crippen LogP contribution is 2.31. The zero-order valence-corrected chi connectivity index (χ0v) is 17.2. The van der Waals surface area contributed by atoms with E-state index in [1.54, 1.807) is 11.3 Å². The number of benzene rings is 4. The Labute approximate surface area is 180 Å². The van der Waals surface area contributed by atoms with Gasteiger partial charge in [0.1, 0.15) is 5.75 Å². The van der Waals surface area contributed by atoms with E-state index in [1.165, 1.54) is 21.2 Å². The first kappa shape index (κ1) is 18.5. The fourth-order valence-corrected chi connectivity index (χ4v) is 4.53. The molecular weight excluding hydrogens is 384 g/mol. The number of phenolic OH excluding ortho intramolecular Hbond substituents is 1. The van der Waals surface area contributed by atoms with Crippen LogP contribution in [0.4, 0.5) is 0 Å². The maximum atomic E-state index is 10.9. The standard InChI is InChI=1S/C28H20OS/c29-28-25(18-20-5-2-1-3-6-20)13-12-23-11-9-22(19-26(23)28)8-4-7-21-10-14-27-24(17-21)15-16-30-27/h1-3,5-6,9-17,19,29H,7,18H2. The summed E-state index contributed by atoms with van der Waals surface area (Å²) >= 11 is 1.76. The minimum atomic E-state index is 0.350. The van der Waals surface area contributed by atoms with Crippen molar-refractivity contribution in [1.29, 1.82) is 0 Å². The van der Waals surface area contributed by atoms with Crippen LogP contribution >= 0.6 is 11.3 Å². The van der Waals surface area contributed by atoms with Crippen LogP contribution in [-0.4, -0.2) is 5.11 Å². The van der Waals surface area contributed by atoms with Crippen LogP contribution in [0.1, 0.15) is 22.3 Å². The van der Waals surface area contributed by atoms with Gasteiger partial charge in [-0.05, 0) is 63.2 Å². The van der Waals surface area contributed by atoms with Crippen molar-refractivity contribution in [3.05, 3.63) is 113 Å². The lowest BCUT2D eigenvalue weighted by Crippen LogP contribution is -1.90. The van der Waals surface area contributed by atoms with Crippen molar-refractivity contribution in [1.82, 2.24) is 0 Å². The maximum Gasteiger partial charge on any atom is 0.126 e. The summed E-state index contributed by atoms with van der Waals surface area (Å²) in [6.07, 6.45) is 1.42. The summed E-state index contributed by atoms with van der Waals surface area (Å²) in [5, 5.41) is 16.2. The van der Waals surface area contributed by atoms with Crippen molar-refractivity contribution in [2.45, 2.75) is 12.8 Å². The zero-order chi connectivity index (χ0) is 20.3. The summed E-state index contributed by atoms with van der Waals surface area (Å²) in [6.45, 7) is 0. The summed E-state index contributed by atoms with van der Waals surface area (Å²) in [7, 11) is 0. The van der Waals surface area contributed by atoms with E-state index in [4.69, 9.17) is 0 Å². The van der Waals surface area contributed by atoms with Gasteiger partial charge in [0.25, 0.3) is 0 Å². The Hall–Kier alpha value is -3.54. The molecule has 5 rings (SSSR count). The molecule has 0 fully saturated rings. The van der Waals surface area contributed by atoms with Gasteiger partial charge in [-0.15, -0.1) is 11.3 Å². The van der Waals surface area contributed by atoms with Gasteiger partial charge >= 0.3 is 0 Å². The largest absolute Gasteiger partial charge is 0.507 e. The second-order valence-electron chi connectivity index (χ2n) is 7.44. The van der Waals surface area contributed by atoms with Gasteiger partial charge in [0.2, 0.25) is 0 Å². The fourth-order valence-electron chi connectivity index (χ4n) is 3.76. The van der Waals surface area contributed by atoms with Gasteiger partial charge in [0.05, 0.1) is 0 Å². The topological polar surface area (TPSA) is 20.2 Å². The average Bonchev–Trinajstić information content (AvgIpc) is 3.25. The molecule has 0 spiro atoms. The van der Waals surface area contributed by atoms with Crippen molar-refractivity contribution in [2.24, 2.45) is 0 Å². The van der Waals surface area contributed by atoms with E-state index in [0.717, 1.165) is 21.9 Å². The second-order valence-corrected chi connectivity index (χ2v) is 8.39. The number of rotatable bonds is 3. The highest BCUT2D eigenvalue weighted by Gasteiger charge is 2.08. The molecule has 0 saturated heterocycles. The Balaban J connectivity index is 1.41. The number of thiophene rings is 1. The molecule has 144 valence electrons. The van der Waals surface area contributed by atoms with Crippen molar-refractivity contribution in [3.8, 4) is 17.6 Å². The third-order valence-corrected chi connectivity index (χ3v) is 6.25. The summed E-state index contributed by atoms with van der Waals surface area (Å²) < 4.78 is 1.31. The molecule has 4 aromatic carbocycles. The van der Waals surface area contributed by atoms with Crippen LogP contribution in [0, 0.1) is 11.8 Å². The van der Waals surface area contributed by atoms with Crippen LogP contribution in [-0.2, 0) is 12.8 Å². The van der Waals surface area contributed by atoms with Gasteiger partial charge in [0, 0.05) is 28.5 Å². The maximum absolute atomic E-state index is 10.9. The smallest absolute Gasteiger partial charge is 0.126 e. The van der Waals surface area contributed by atoms with Gasteiger partial charge in [-0.25, -0.2) is 0 Å². The number of phenols is 1. The third-order valence-electron chi connectivity index (χ3n) is 5.36. The summed E-state index contributed by atoms with van der Waals surface area (Å²) in [5.41, 5.74) is 4.27. The van der Waals surface area contributed by atoms with Gasteiger partial charge in [0.15, 0.2) is 0 Å². The van der Waals surface area contributed by atoms with Crippen molar-refractivity contribution in [3.63, 3.8) is 0 Å². The monoisotopic (exact) mass is 404 g/mol. The number of hydrogen-bond donors (Lipinski definition) is 1. The molecule has 0 aliphatic rings. The lowest BCUT2D eigenvalue weighted by atomic mass is 9.98. The highest BCUT2D eigenvalue weighted by molar-refractivity contribution is 7.17. The van der Waals surface area contributed by atoms with Crippen LogP contribution in [0.15, 0.2) is 90.3 Å². The minimum Gasteiger partial charge on any atom is -0.507 e.